The molecule has 1 saturated heterocycles. The van der Waals surface area contributed by atoms with E-state index in [0.29, 0.717) is 32.6 Å². The summed E-state index contributed by atoms with van der Waals surface area (Å²) in [6.45, 7) is 5.93. The zero-order chi connectivity index (χ0) is 14.6. The Morgan fingerprint density at radius 2 is 2.25 bits per heavy atom. The molecule has 0 radical (unpaired) electrons. The highest BCUT2D eigenvalue weighted by Crippen LogP contribution is 2.30. The second-order valence-corrected chi connectivity index (χ2v) is 5.59. The normalized spacial score (nSPS) is 19.5. The van der Waals surface area contributed by atoms with Crippen molar-refractivity contribution in [3.05, 3.63) is 29.6 Å². The first kappa shape index (κ1) is 14.9. The molecule has 0 saturated carbocycles. The minimum Gasteiger partial charge on any atom is -0.381 e. The highest BCUT2D eigenvalue weighted by molar-refractivity contribution is 5.81. The molecule has 1 aliphatic heterocycles. The summed E-state index contributed by atoms with van der Waals surface area (Å²) in [7, 11) is 0. The number of hydrogen-bond acceptors (Lipinski definition) is 4. The Morgan fingerprint density at radius 1 is 1.55 bits per heavy atom. The number of hydrogen-bond donors (Lipinski definition) is 2. The standard InChI is InChI=1S/C15H23N3O2/c1-11-9-17-6-3-13(11)12(2)18-10-15(14(16)19)4-7-20-8-5-15/h3,6,9,12,18H,4-5,7-8,10H2,1-2H3,(H2,16,19). The number of nitrogens with zero attached hydrogens (tertiary/aromatic N) is 1. The topological polar surface area (TPSA) is 77.2 Å². The van der Waals surface area contributed by atoms with E-state index in [4.69, 9.17) is 10.5 Å². The second-order valence-electron chi connectivity index (χ2n) is 5.59. The van der Waals surface area contributed by atoms with Gasteiger partial charge in [-0.3, -0.25) is 9.78 Å². The lowest BCUT2D eigenvalue weighted by molar-refractivity contribution is -0.133. The van der Waals surface area contributed by atoms with Gasteiger partial charge in [-0.15, -0.1) is 0 Å². The fraction of sp³-hybridized carbons (Fsp3) is 0.600. The third-order valence-electron chi connectivity index (χ3n) is 4.25. The van der Waals surface area contributed by atoms with Crippen molar-refractivity contribution in [1.29, 1.82) is 0 Å². The van der Waals surface area contributed by atoms with Crippen LogP contribution in [0.1, 0.15) is 36.9 Å². The Hall–Kier alpha value is -1.46. The first-order valence-electron chi connectivity index (χ1n) is 7.07. The van der Waals surface area contributed by atoms with Crippen molar-refractivity contribution in [2.45, 2.75) is 32.7 Å². The van der Waals surface area contributed by atoms with Crippen molar-refractivity contribution < 1.29 is 9.53 Å². The molecule has 2 heterocycles. The second kappa shape index (κ2) is 6.33. The van der Waals surface area contributed by atoms with E-state index in [2.05, 4.69) is 17.2 Å². The molecule has 2 rings (SSSR count). The van der Waals surface area contributed by atoms with Gasteiger partial charge >= 0.3 is 0 Å². The quantitative estimate of drug-likeness (QED) is 0.851. The molecular weight excluding hydrogens is 254 g/mol. The Bertz CT molecular complexity index is 470. The molecule has 1 fully saturated rings. The maximum atomic E-state index is 11.8. The Balaban J connectivity index is 2.03. The molecule has 0 aromatic carbocycles. The van der Waals surface area contributed by atoms with Crippen LogP contribution in [0.4, 0.5) is 0 Å². The van der Waals surface area contributed by atoms with Gasteiger partial charge in [-0.05, 0) is 43.9 Å². The monoisotopic (exact) mass is 277 g/mol. The van der Waals surface area contributed by atoms with Gasteiger partial charge in [-0.2, -0.15) is 0 Å². The van der Waals surface area contributed by atoms with Gasteiger partial charge in [0, 0.05) is 38.2 Å². The minimum atomic E-state index is -0.479. The summed E-state index contributed by atoms with van der Waals surface area (Å²) < 4.78 is 5.34. The van der Waals surface area contributed by atoms with Crippen molar-refractivity contribution in [2.24, 2.45) is 11.1 Å². The summed E-state index contributed by atoms with van der Waals surface area (Å²) in [6.07, 6.45) is 5.03. The summed E-state index contributed by atoms with van der Waals surface area (Å²) in [5.74, 6) is -0.230. The average Bonchev–Trinajstić information content (AvgIpc) is 2.46. The summed E-state index contributed by atoms with van der Waals surface area (Å²) in [5, 5.41) is 3.45. The van der Waals surface area contributed by atoms with Crippen LogP contribution in [-0.4, -0.2) is 30.6 Å². The van der Waals surface area contributed by atoms with E-state index in [0.717, 1.165) is 5.56 Å². The van der Waals surface area contributed by atoms with Crippen molar-refractivity contribution in [1.82, 2.24) is 10.3 Å². The molecule has 0 bridgehead atoms. The maximum absolute atomic E-state index is 11.8. The molecule has 5 nitrogen and oxygen atoms in total. The predicted molar refractivity (Wildman–Crippen MR) is 77.1 cm³/mol. The number of pyridine rings is 1. The highest BCUT2D eigenvalue weighted by Gasteiger charge is 2.38. The van der Waals surface area contributed by atoms with Gasteiger partial charge in [0.2, 0.25) is 5.91 Å². The largest absolute Gasteiger partial charge is 0.381 e. The molecule has 110 valence electrons. The van der Waals surface area contributed by atoms with Crippen LogP contribution in [0.2, 0.25) is 0 Å². The van der Waals surface area contributed by atoms with Crippen LogP contribution in [0.3, 0.4) is 0 Å². The van der Waals surface area contributed by atoms with E-state index in [1.54, 1.807) is 6.20 Å². The summed E-state index contributed by atoms with van der Waals surface area (Å²) in [4.78, 5) is 15.9. The predicted octanol–water partition coefficient (Wildman–Crippen LogP) is 1.32. The molecule has 0 aliphatic carbocycles. The third-order valence-corrected chi connectivity index (χ3v) is 4.25. The lowest BCUT2D eigenvalue weighted by Gasteiger charge is -2.35. The molecule has 1 aromatic rings. The number of primary amides is 1. The van der Waals surface area contributed by atoms with Crippen molar-refractivity contribution in [3.8, 4) is 0 Å². The number of amides is 1. The molecule has 20 heavy (non-hydrogen) atoms. The van der Waals surface area contributed by atoms with Gasteiger partial charge in [0.25, 0.3) is 0 Å². The number of nitrogens with two attached hydrogens (primary N) is 1. The molecule has 5 heteroatoms. The Labute approximate surface area is 119 Å². The number of carbonyl (C=O) groups excluding carboxylic acids is 1. The van der Waals surface area contributed by atoms with E-state index in [1.807, 2.05) is 19.2 Å². The van der Waals surface area contributed by atoms with Crippen LogP contribution >= 0.6 is 0 Å². The molecule has 1 unspecified atom stereocenters. The molecule has 3 N–H and O–H groups in total. The van der Waals surface area contributed by atoms with Crippen molar-refractivity contribution >= 4 is 5.91 Å². The third kappa shape index (κ3) is 3.16. The van der Waals surface area contributed by atoms with Gasteiger partial charge in [0.1, 0.15) is 0 Å². The van der Waals surface area contributed by atoms with Gasteiger partial charge in [0.05, 0.1) is 5.41 Å². The number of aromatic nitrogens is 1. The molecule has 1 aliphatic rings. The molecule has 0 spiro atoms. The van der Waals surface area contributed by atoms with Crippen LogP contribution in [-0.2, 0) is 9.53 Å². The number of ether oxygens (including phenoxy) is 1. The number of aryl methyl sites for hydroxylation is 1. The van der Waals surface area contributed by atoms with Crippen LogP contribution in [0.25, 0.3) is 0 Å². The Morgan fingerprint density at radius 3 is 2.85 bits per heavy atom. The molecule has 1 aromatic heterocycles. The van der Waals surface area contributed by atoms with Crippen LogP contribution < -0.4 is 11.1 Å². The minimum absolute atomic E-state index is 0.164. The highest BCUT2D eigenvalue weighted by atomic mass is 16.5. The van der Waals surface area contributed by atoms with Crippen LogP contribution in [0.15, 0.2) is 18.5 Å². The fourth-order valence-electron chi connectivity index (χ4n) is 2.70. The number of rotatable bonds is 5. The number of nitrogens with one attached hydrogen (secondary N) is 1. The molecular formula is C15H23N3O2. The summed E-state index contributed by atoms with van der Waals surface area (Å²) in [5.41, 5.74) is 7.48. The SMILES string of the molecule is Cc1cnccc1C(C)NCC1(C(N)=O)CCOCC1. The summed E-state index contributed by atoms with van der Waals surface area (Å²) >= 11 is 0. The van der Waals surface area contributed by atoms with Gasteiger partial charge < -0.3 is 15.8 Å². The van der Waals surface area contributed by atoms with Crippen LogP contribution in [0, 0.1) is 12.3 Å². The van der Waals surface area contributed by atoms with E-state index in [1.165, 1.54) is 5.56 Å². The van der Waals surface area contributed by atoms with Gasteiger partial charge in [-0.25, -0.2) is 0 Å². The first-order chi connectivity index (χ1) is 9.55. The van der Waals surface area contributed by atoms with Crippen LogP contribution in [0.5, 0.6) is 0 Å². The smallest absolute Gasteiger partial charge is 0.225 e. The average molecular weight is 277 g/mol. The molecule has 1 atom stereocenters. The molecule has 1 amide bonds. The van der Waals surface area contributed by atoms with E-state index in [9.17, 15) is 4.79 Å². The lowest BCUT2D eigenvalue weighted by atomic mass is 9.79. The van der Waals surface area contributed by atoms with E-state index >= 15 is 0 Å². The van der Waals surface area contributed by atoms with Crippen molar-refractivity contribution in [3.63, 3.8) is 0 Å². The maximum Gasteiger partial charge on any atom is 0.225 e. The lowest BCUT2D eigenvalue weighted by Crippen LogP contribution is -2.48. The van der Waals surface area contributed by atoms with Gasteiger partial charge in [-0.1, -0.05) is 0 Å². The zero-order valence-electron chi connectivity index (χ0n) is 12.2. The fourth-order valence-corrected chi connectivity index (χ4v) is 2.70. The summed E-state index contributed by atoms with van der Waals surface area (Å²) in [6, 6.07) is 2.17. The van der Waals surface area contributed by atoms with E-state index in [-0.39, 0.29) is 11.9 Å². The number of carbonyl (C=O) groups is 1. The first-order valence-corrected chi connectivity index (χ1v) is 7.07. The van der Waals surface area contributed by atoms with Crippen molar-refractivity contribution in [2.75, 3.05) is 19.8 Å². The van der Waals surface area contributed by atoms with E-state index < -0.39 is 5.41 Å². The van der Waals surface area contributed by atoms with Gasteiger partial charge in [0.15, 0.2) is 0 Å². The zero-order valence-corrected chi connectivity index (χ0v) is 12.2. The Kier molecular flexibility index (Phi) is 4.73.